The summed E-state index contributed by atoms with van der Waals surface area (Å²) in [5, 5.41) is 0.743. The molecule has 7 heteroatoms. The first kappa shape index (κ1) is 11.6. The van der Waals surface area contributed by atoms with Gasteiger partial charge in [0.1, 0.15) is 12.0 Å². The molecule has 2 heterocycles. The Morgan fingerprint density at radius 2 is 2.18 bits per heavy atom. The summed E-state index contributed by atoms with van der Waals surface area (Å²) in [4.78, 5) is 26.1. The van der Waals surface area contributed by atoms with E-state index in [0.29, 0.717) is 5.58 Å². The van der Waals surface area contributed by atoms with Gasteiger partial charge in [-0.1, -0.05) is 0 Å². The summed E-state index contributed by atoms with van der Waals surface area (Å²) in [5.41, 5.74) is 5.18. The third kappa shape index (κ3) is 2.44. The topological polar surface area (TPSA) is 84.2 Å². The number of carbonyl (C=O) groups is 2. The largest absolute Gasteiger partial charge is 0.461 e. The maximum atomic E-state index is 11.6. The minimum Gasteiger partial charge on any atom is -0.461 e. The number of carbonyl (C=O) groups excluding carboxylic acids is 2. The molecule has 0 fully saturated rings. The van der Waals surface area contributed by atoms with Crippen LogP contribution in [0.15, 0.2) is 27.4 Å². The summed E-state index contributed by atoms with van der Waals surface area (Å²) in [6.45, 7) is 1.30. The normalized spacial score (nSPS) is 10.2. The van der Waals surface area contributed by atoms with Crippen molar-refractivity contribution >= 4 is 38.7 Å². The van der Waals surface area contributed by atoms with E-state index in [1.54, 1.807) is 6.07 Å². The Hall–Kier alpha value is -1.89. The molecule has 0 saturated heterocycles. The smallest absolute Gasteiger partial charge is 0.288 e. The van der Waals surface area contributed by atoms with E-state index in [1.165, 1.54) is 19.4 Å². The standard InChI is InChI=1S/C10H8BrN3O3/c1-5(15)13-14-10(16)8-2-6-7(11)4-17-9(6)3-12-8/h2-4H,1H3,(H,13,15)(H,14,16). The van der Waals surface area contributed by atoms with E-state index in [0.717, 1.165) is 9.86 Å². The number of pyridine rings is 1. The minimum atomic E-state index is -0.491. The molecular formula is C10H8BrN3O3. The van der Waals surface area contributed by atoms with Crippen LogP contribution >= 0.6 is 15.9 Å². The SMILES string of the molecule is CC(=O)NNC(=O)c1cc2c(Br)coc2cn1. The van der Waals surface area contributed by atoms with Gasteiger partial charge in [0.05, 0.1) is 10.7 Å². The number of aromatic nitrogens is 1. The summed E-state index contributed by atoms with van der Waals surface area (Å²) >= 11 is 3.29. The van der Waals surface area contributed by atoms with Crippen molar-refractivity contribution in [3.05, 3.63) is 28.7 Å². The van der Waals surface area contributed by atoms with Gasteiger partial charge in [-0.15, -0.1) is 0 Å². The lowest BCUT2D eigenvalue weighted by molar-refractivity contribution is -0.119. The molecule has 0 saturated carbocycles. The zero-order valence-corrected chi connectivity index (χ0v) is 10.4. The molecule has 0 aromatic carbocycles. The highest BCUT2D eigenvalue weighted by molar-refractivity contribution is 9.10. The molecule has 0 aliphatic rings. The summed E-state index contributed by atoms with van der Waals surface area (Å²) in [5.74, 6) is -0.848. The maximum absolute atomic E-state index is 11.6. The number of furan rings is 1. The first-order valence-corrected chi connectivity index (χ1v) is 5.47. The predicted molar refractivity (Wildman–Crippen MR) is 63.0 cm³/mol. The van der Waals surface area contributed by atoms with Crippen LogP contribution < -0.4 is 10.9 Å². The van der Waals surface area contributed by atoms with Crippen molar-refractivity contribution in [1.82, 2.24) is 15.8 Å². The number of halogens is 1. The van der Waals surface area contributed by atoms with Gasteiger partial charge >= 0.3 is 0 Å². The zero-order chi connectivity index (χ0) is 12.4. The monoisotopic (exact) mass is 297 g/mol. The molecule has 88 valence electrons. The summed E-state index contributed by atoms with van der Waals surface area (Å²) in [7, 11) is 0. The number of nitrogens with one attached hydrogen (secondary N) is 2. The number of hydrogen-bond donors (Lipinski definition) is 2. The number of amides is 2. The fraction of sp³-hybridized carbons (Fsp3) is 0.100. The van der Waals surface area contributed by atoms with E-state index in [2.05, 4.69) is 31.8 Å². The highest BCUT2D eigenvalue weighted by atomic mass is 79.9. The van der Waals surface area contributed by atoms with Crippen LogP contribution in [-0.2, 0) is 4.79 Å². The molecular weight excluding hydrogens is 290 g/mol. The van der Waals surface area contributed by atoms with Crippen molar-refractivity contribution in [1.29, 1.82) is 0 Å². The van der Waals surface area contributed by atoms with Gasteiger partial charge in [0.15, 0.2) is 5.58 Å². The van der Waals surface area contributed by atoms with Crippen LogP contribution in [0.25, 0.3) is 11.0 Å². The van der Waals surface area contributed by atoms with Gasteiger partial charge < -0.3 is 4.42 Å². The van der Waals surface area contributed by atoms with Crippen molar-refractivity contribution in [3.8, 4) is 0 Å². The van der Waals surface area contributed by atoms with Gasteiger partial charge in [0, 0.05) is 12.3 Å². The van der Waals surface area contributed by atoms with E-state index in [-0.39, 0.29) is 11.6 Å². The van der Waals surface area contributed by atoms with Crippen molar-refractivity contribution < 1.29 is 14.0 Å². The number of nitrogens with zero attached hydrogens (tertiary/aromatic N) is 1. The molecule has 0 radical (unpaired) electrons. The Kier molecular flexibility index (Phi) is 3.10. The molecule has 6 nitrogen and oxygen atoms in total. The molecule has 2 aromatic rings. The second-order valence-corrected chi connectivity index (χ2v) is 4.14. The Morgan fingerprint density at radius 3 is 2.88 bits per heavy atom. The molecule has 0 spiro atoms. The van der Waals surface area contributed by atoms with Crippen LogP contribution in [0.5, 0.6) is 0 Å². The molecule has 2 rings (SSSR count). The lowest BCUT2D eigenvalue weighted by Crippen LogP contribution is -2.40. The second kappa shape index (κ2) is 4.54. The molecule has 0 aliphatic heterocycles. The minimum absolute atomic E-state index is 0.188. The fourth-order valence-electron chi connectivity index (χ4n) is 1.24. The van der Waals surface area contributed by atoms with Gasteiger partial charge in [-0.25, -0.2) is 4.98 Å². The second-order valence-electron chi connectivity index (χ2n) is 3.28. The summed E-state index contributed by atoms with van der Waals surface area (Å²) in [6, 6.07) is 1.57. The van der Waals surface area contributed by atoms with E-state index >= 15 is 0 Å². The Bertz CT molecular complexity index is 593. The van der Waals surface area contributed by atoms with E-state index in [9.17, 15) is 9.59 Å². The summed E-state index contributed by atoms with van der Waals surface area (Å²) < 4.78 is 5.91. The third-order valence-corrected chi connectivity index (χ3v) is 2.61. The first-order valence-electron chi connectivity index (χ1n) is 4.67. The molecule has 17 heavy (non-hydrogen) atoms. The molecule has 2 aromatic heterocycles. The highest BCUT2D eigenvalue weighted by Crippen LogP contribution is 2.25. The highest BCUT2D eigenvalue weighted by Gasteiger charge is 2.11. The zero-order valence-electron chi connectivity index (χ0n) is 8.78. The van der Waals surface area contributed by atoms with E-state index in [4.69, 9.17) is 4.42 Å². The number of hydrazine groups is 1. The Balaban J connectivity index is 2.26. The quantitative estimate of drug-likeness (QED) is 0.779. The van der Waals surface area contributed by atoms with Gasteiger partial charge in [-0.3, -0.25) is 20.4 Å². The van der Waals surface area contributed by atoms with Gasteiger partial charge in [0.25, 0.3) is 5.91 Å². The third-order valence-electron chi connectivity index (χ3n) is 2.00. The first-order chi connectivity index (χ1) is 8.08. The molecule has 2 N–H and O–H groups in total. The Morgan fingerprint density at radius 1 is 1.41 bits per heavy atom. The van der Waals surface area contributed by atoms with Crippen LogP contribution in [0.4, 0.5) is 0 Å². The average molecular weight is 298 g/mol. The van der Waals surface area contributed by atoms with Gasteiger partial charge in [0.2, 0.25) is 5.91 Å². The molecule has 0 unspecified atom stereocenters. The molecule has 0 atom stereocenters. The molecule has 0 aliphatic carbocycles. The fourth-order valence-corrected chi connectivity index (χ4v) is 1.64. The van der Waals surface area contributed by atoms with Crippen molar-refractivity contribution in [2.45, 2.75) is 6.92 Å². The lowest BCUT2D eigenvalue weighted by Gasteiger charge is -2.03. The lowest BCUT2D eigenvalue weighted by atomic mass is 10.2. The van der Waals surface area contributed by atoms with Crippen LogP contribution in [0, 0.1) is 0 Å². The molecule has 0 bridgehead atoms. The van der Waals surface area contributed by atoms with Crippen molar-refractivity contribution in [2.75, 3.05) is 0 Å². The average Bonchev–Trinajstić information content (AvgIpc) is 2.67. The van der Waals surface area contributed by atoms with E-state index in [1.807, 2.05) is 0 Å². The summed E-state index contributed by atoms with van der Waals surface area (Å²) in [6.07, 6.45) is 2.96. The predicted octanol–water partition coefficient (Wildman–Crippen LogP) is 1.37. The van der Waals surface area contributed by atoms with Crippen molar-refractivity contribution in [3.63, 3.8) is 0 Å². The van der Waals surface area contributed by atoms with Crippen LogP contribution in [0.2, 0.25) is 0 Å². The van der Waals surface area contributed by atoms with Crippen LogP contribution in [0.1, 0.15) is 17.4 Å². The van der Waals surface area contributed by atoms with Crippen molar-refractivity contribution in [2.24, 2.45) is 0 Å². The van der Waals surface area contributed by atoms with Crippen LogP contribution in [-0.4, -0.2) is 16.8 Å². The number of fused-ring (bicyclic) bond motifs is 1. The maximum Gasteiger partial charge on any atom is 0.288 e. The van der Waals surface area contributed by atoms with Gasteiger partial charge in [-0.2, -0.15) is 0 Å². The number of hydrogen-bond acceptors (Lipinski definition) is 4. The molecule has 2 amide bonds. The van der Waals surface area contributed by atoms with Gasteiger partial charge in [-0.05, 0) is 22.0 Å². The van der Waals surface area contributed by atoms with Crippen LogP contribution in [0.3, 0.4) is 0 Å². The number of rotatable bonds is 1. The Labute approximate surface area is 104 Å². The van der Waals surface area contributed by atoms with E-state index < -0.39 is 5.91 Å².